The number of ether oxygens (including phenoxy) is 1. The molecule has 0 aromatic carbocycles. The fourth-order valence-electron chi connectivity index (χ4n) is 1.33. The smallest absolute Gasteiger partial charge is 0.306 e. The molecule has 0 bridgehead atoms. The van der Waals surface area contributed by atoms with E-state index in [1.165, 1.54) is 0 Å². The van der Waals surface area contributed by atoms with Gasteiger partial charge in [0.05, 0.1) is 19.6 Å². The number of furan rings is 1. The summed E-state index contributed by atoms with van der Waals surface area (Å²) >= 11 is 0. The lowest BCUT2D eigenvalue weighted by atomic mass is 10.2. The third kappa shape index (κ3) is 3.40. The van der Waals surface area contributed by atoms with Crippen molar-refractivity contribution in [3.63, 3.8) is 0 Å². The molecule has 0 aliphatic carbocycles. The first-order valence-electron chi connectivity index (χ1n) is 5.02. The van der Waals surface area contributed by atoms with E-state index >= 15 is 0 Å². The highest BCUT2D eigenvalue weighted by Gasteiger charge is 2.08. The van der Waals surface area contributed by atoms with Crippen molar-refractivity contribution in [3.05, 3.63) is 23.2 Å². The number of aliphatic hydroxyl groups is 1. The molecule has 1 aromatic heterocycles. The van der Waals surface area contributed by atoms with E-state index in [0.29, 0.717) is 31.0 Å². The number of carbonyl (C=O) groups is 1. The molecular formula is C11H16O4. The molecule has 0 atom stereocenters. The van der Waals surface area contributed by atoms with Gasteiger partial charge < -0.3 is 14.3 Å². The molecule has 84 valence electrons. The molecule has 4 nitrogen and oxygen atoms in total. The predicted molar refractivity (Wildman–Crippen MR) is 54.3 cm³/mol. The van der Waals surface area contributed by atoms with E-state index in [1.54, 1.807) is 19.9 Å². The quantitative estimate of drug-likeness (QED) is 0.753. The summed E-state index contributed by atoms with van der Waals surface area (Å²) in [4.78, 5) is 11.1. The van der Waals surface area contributed by atoms with Crippen LogP contribution in [0.25, 0.3) is 0 Å². The zero-order chi connectivity index (χ0) is 11.3. The van der Waals surface area contributed by atoms with Crippen molar-refractivity contribution in [3.8, 4) is 0 Å². The van der Waals surface area contributed by atoms with Crippen LogP contribution in [0.15, 0.2) is 10.5 Å². The molecule has 0 fully saturated rings. The van der Waals surface area contributed by atoms with E-state index in [0.717, 1.165) is 5.56 Å². The third-order valence-electron chi connectivity index (χ3n) is 2.12. The molecule has 0 radical (unpaired) electrons. The van der Waals surface area contributed by atoms with E-state index in [9.17, 15) is 4.79 Å². The lowest BCUT2D eigenvalue weighted by Gasteiger charge is -1.99. The van der Waals surface area contributed by atoms with Gasteiger partial charge in [0.2, 0.25) is 0 Å². The van der Waals surface area contributed by atoms with Gasteiger partial charge in [-0.15, -0.1) is 0 Å². The summed E-state index contributed by atoms with van der Waals surface area (Å²) in [6, 6.07) is 1.77. The highest BCUT2D eigenvalue weighted by Crippen LogP contribution is 2.15. The fraction of sp³-hybridized carbons (Fsp3) is 0.545. The average Bonchev–Trinajstić information content (AvgIpc) is 2.56. The summed E-state index contributed by atoms with van der Waals surface area (Å²) in [6.07, 6.45) is 0.825. The van der Waals surface area contributed by atoms with Gasteiger partial charge in [0, 0.05) is 12.0 Å². The van der Waals surface area contributed by atoms with Crippen LogP contribution in [0.1, 0.15) is 30.4 Å². The Morgan fingerprint density at radius 3 is 2.87 bits per heavy atom. The van der Waals surface area contributed by atoms with E-state index in [1.807, 2.05) is 0 Å². The number of hydrogen-bond acceptors (Lipinski definition) is 4. The van der Waals surface area contributed by atoms with Crippen molar-refractivity contribution in [2.45, 2.75) is 33.3 Å². The predicted octanol–water partition coefficient (Wildman–Crippen LogP) is 1.58. The first-order valence-corrected chi connectivity index (χ1v) is 5.02. The zero-order valence-corrected chi connectivity index (χ0v) is 9.08. The van der Waals surface area contributed by atoms with Crippen molar-refractivity contribution in [1.29, 1.82) is 0 Å². The molecule has 0 unspecified atom stereocenters. The lowest BCUT2D eigenvalue weighted by molar-refractivity contribution is -0.143. The van der Waals surface area contributed by atoms with E-state index in [4.69, 9.17) is 14.3 Å². The summed E-state index contributed by atoms with van der Waals surface area (Å²) in [7, 11) is 0. The van der Waals surface area contributed by atoms with Crippen LogP contribution in [0.2, 0.25) is 0 Å². The van der Waals surface area contributed by atoms with Gasteiger partial charge in [-0.1, -0.05) is 0 Å². The normalized spacial score (nSPS) is 10.3. The first-order chi connectivity index (χ1) is 7.17. The maximum absolute atomic E-state index is 11.1. The second kappa shape index (κ2) is 5.56. The Bertz CT molecular complexity index is 327. The Morgan fingerprint density at radius 2 is 2.33 bits per heavy atom. The number of rotatable bonds is 5. The minimum Gasteiger partial charge on any atom is -0.466 e. The van der Waals surface area contributed by atoms with Crippen LogP contribution in [0, 0.1) is 6.92 Å². The van der Waals surface area contributed by atoms with Gasteiger partial charge in [0.1, 0.15) is 11.5 Å². The van der Waals surface area contributed by atoms with Crippen molar-refractivity contribution < 1.29 is 19.1 Å². The summed E-state index contributed by atoms with van der Waals surface area (Å²) in [5.74, 6) is 1.19. The zero-order valence-electron chi connectivity index (χ0n) is 9.08. The van der Waals surface area contributed by atoms with Crippen LogP contribution in [0.3, 0.4) is 0 Å². The van der Waals surface area contributed by atoms with Gasteiger partial charge in [-0.25, -0.2) is 0 Å². The minimum atomic E-state index is -0.225. The molecular weight excluding hydrogens is 196 g/mol. The van der Waals surface area contributed by atoms with Crippen LogP contribution in [-0.2, 0) is 22.6 Å². The Hall–Kier alpha value is -1.29. The van der Waals surface area contributed by atoms with Crippen LogP contribution in [0.4, 0.5) is 0 Å². The largest absolute Gasteiger partial charge is 0.466 e. The third-order valence-corrected chi connectivity index (χ3v) is 2.12. The Balaban J connectivity index is 2.47. The highest BCUT2D eigenvalue weighted by atomic mass is 16.5. The van der Waals surface area contributed by atoms with Crippen LogP contribution in [-0.4, -0.2) is 17.7 Å². The second-order valence-electron chi connectivity index (χ2n) is 3.26. The summed E-state index contributed by atoms with van der Waals surface area (Å²) in [6.45, 7) is 3.94. The number of esters is 1. The van der Waals surface area contributed by atoms with Crippen molar-refractivity contribution in [2.24, 2.45) is 0 Å². The van der Waals surface area contributed by atoms with Crippen LogP contribution >= 0.6 is 0 Å². The summed E-state index contributed by atoms with van der Waals surface area (Å²) in [5, 5.41) is 8.94. The molecule has 15 heavy (non-hydrogen) atoms. The van der Waals surface area contributed by atoms with Crippen LogP contribution < -0.4 is 0 Å². The van der Waals surface area contributed by atoms with Gasteiger partial charge in [-0.05, 0) is 19.9 Å². The Morgan fingerprint density at radius 1 is 1.60 bits per heavy atom. The van der Waals surface area contributed by atoms with Crippen molar-refractivity contribution in [1.82, 2.24) is 0 Å². The Kier molecular flexibility index (Phi) is 4.37. The fourth-order valence-corrected chi connectivity index (χ4v) is 1.33. The van der Waals surface area contributed by atoms with E-state index in [2.05, 4.69) is 0 Å². The minimum absolute atomic E-state index is 0.0330. The second-order valence-corrected chi connectivity index (χ2v) is 3.26. The monoisotopic (exact) mass is 212 g/mol. The maximum Gasteiger partial charge on any atom is 0.306 e. The summed E-state index contributed by atoms with van der Waals surface area (Å²) in [5.41, 5.74) is 0.772. The highest BCUT2D eigenvalue weighted by molar-refractivity contribution is 5.69. The van der Waals surface area contributed by atoms with E-state index < -0.39 is 0 Å². The molecule has 1 aromatic rings. The molecule has 1 rings (SSSR count). The maximum atomic E-state index is 11.1. The molecule has 4 heteroatoms. The topological polar surface area (TPSA) is 59.7 Å². The number of aryl methyl sites for hydroxylation is 2. The van der Waals surface area contributed by atoms with Gasteiger partial charge in [0.15, 0.2) is 0 Å². The van der Waals surface area contributed by atoms with E-state index in [-0.39, 0.29) is 12.6 Å². The Labute approximate surface area is 88.8 Å². The number of aliphatic hydroxyl groups excluding tert-OH is 1. The van der Waals surface area contributed by atoms with Gasteiger partial charge >= 0.3 is 5.97 Å². The molecule has 1 N–H and O–H groups in total. The molecule has 0 aliphatic heterocycles. The van der Waals surface area contributed by atoms with Gasteiger partial charge in [-0.3, -0.25) is 4.79 Å². The molecule has 0 amide bonds. The van der Waals surface area contributed by atoms with Gasteiger partial charge in [-0.2, -0.15) is 0 Å². The van der Waals surface area contributed by atoms with Crippen molar-refractivity contribution >= 4 is 5.97 Å². The van der Waals surface area contributed by atoms with Gasteiger partial charge in [0.25, 0.3) is 0 Å². The molecule has 0 saturated carbocycles. The standard InChI is InChI=1S/C11H16O4/c1-3-14-11(13)5-4-10-6-9(7-12)8(2)15-10/h6,12H,3-5,7H2,1-2H3. The number of hydrogen-bond donors (Lipinski definition) is 1. The molecule has 0 saturated heterocycles. The first kappa shape index (κ1) is 11.8. The average molecular weight is 212 g/mol. The molecule has 1 heterocycles. The van der Waals surface area contributed by atoms with Crippen molar-refractivity contribution in [2.75, 3.05) is 6.61 Å². The molecule has 0 aliphatic rings. The van der Waals surface area contributed by atoms with Crippen LogP contribution in [0.5, 0.6) is 0 Å². The summed E-state index contributed by atoms with van der Waals surface area (Å²) < 4.78 is 10.2. The molecule has 0 spiro atoms. The lowest BCUT2D eigenvalue weighted by Crippen LogP contribution is -2.04. The number of carbonyl (C=O) groups excluding carboxylic acids is 1. The SMILES string of the molecule is CCOC(=O)CCc1cc(CO)c(C)o1.